The van der Waals surface area contributed by atoms with Crippen molar-refractivity contribution >= 4 is 39.2 Å². The minimum Gasteiger partial charge on any atom is -0.316 e. The molecular formula is C11H8BrF3N4OS. The first-order valence-corrected chi connectivity index (χ1v) is 7.70. The molecule has 1 atom stereocenters. The molecule has 1 aliphatic heterocycles. The Morgan fingerprint density at radius 3 is 2.90 bits per heavy atom. The van der Waals surface area contributed by atoms with Crippen molar-refractivity contribution in [2.45, 2.75) is 11.6 Å². The van der Waals surface area contributed by atoms with Crippen molar-refractivity contribution in [1.29, 1.82) is 0 Å². The molecule has 21 heavy (non-hydrogen) atoms. The Morgan fingerprint density at radius 2 is 2.19 bits per heavy atom. The number of thioether (sulfide) groups is 1. The van der Waals surface area contributed by atoms with Gasteiger partial charge in [-0.25, -0.2) is 9.97 Å². The van der Waals surface area contributed by atoms with Crippen LogP contribution in [0.5, 0.6) is 0 Å². The number of amides is 1. The SMILES string of the molecule is O=C(c1nccn2c(Br)cnc12)N1CCSC1C(F)(F)F. The summed E-state index contributed by atoms with van der Waals surface area (Å²) in [7, 11) is 0. The second kappa shape index (κ2) is 5.16. The van der Waals surface area contributed by atoms with Crippen molar-refractivity contribution in [1.82, 2.24) is 19.3 Å². The van der Waals surface area contributed by atoms with Crippen LogP contribution in [0.2, 0.25) is 0 Å². The third-order valence-electron chi connectivity index (χ3n) is 3.02. The lowest BCUT2D eigenvalue weighted by Gasteiger charge is -2.25. The minimum atomic E-state index is -4.46. The van der Waals surface area contributed by atoms with Gasteiger partial charge in [0, 0.05) is 24.7 Å². The number of imidazole rings is 1. The second-order valence-electron chi connectivity index (χ2n) is 4.31. The van der Waals surface area contributed by atoms with Crippen molar-refractivity contribution in [3.63, 3.8) is 0 Å². The highest BCUT2D eigenvalue weighted by Gasteiger charge is 2.49. The fourth-order valence-corrected chi connectivity index (χ4v) is 3.61. The van der Waals surface area contributed by atoms with Gasteiger partial charge in [0.05, 0.1) is 6.20 Å². The zero-order chi connectivity index (χ0) is 15.2. The van der Waals surface area contributed by atoms with Gasteiger partial charge in [-0.2, -0.15) is 13.2 Å². The Balaban J connectivity index is 2.01. The smallest absolute Gasteiger partial charge is 0.316 e. The molecule has 0 radical (unpaired) electrons. The number of hydrogen-bond donors (Lipinski definition) is 0. The van der Waals surface area contributed by atoms with Gasteiger partial charge >= 0.3 is 6.18 Å². The number of hydrogen-bond acceptors (Lipinski definition) is 4. The summed E-state index contributed by atoms with van der Waals surface area (Å²) in [6, 6.07) is 0. The Bertz CT molecular complexity index is 704. The Morgan fingerprint density at radius 1 is 1.43 bits per heavy atom. The Labute approximate surface area is 129 Å². The predicted octanol–water partition coefficient (Wildman–Crippen LogP) is 2.57. The highest BCUT2D eigenvalue weighted by Crippen LogP contribution is 2.38. The summed E-state index contributed by atoms with van der Waals surface area (Å²) in [6.07, 6.45) is -0.0622. The average molecular weight is 381 g/mol. The van der Waals surface area contributed by atoms with Gasteiger partial charge in [0.2, 0.25) is 0 Å². The largest absolute Gasteiger partial charge is 0.418 e. The summed E-state index contributed by atoms with van der Waals surface area (Å²) in [5, 5.41) is -1.83. The van der Waals surface area contributed by atoms with Gasteiger partial charge in [-0.05, 0) is 15.9 Å². The van der Waals surface area contributed by atoms with Gasteiger partial charge in [0.25, 0.3) is 5.91 Å². The molecule has 112 valence electrons. The van der Waals surface area contributed by atoms with E-state index in [4.69, 9.17) is 0 Å². The van der Waals surface area contributed by atoms with Crippen LogP contribution in [0.25, 0.3) is 5.65 Å². The van der Waals surface area contributed by atoms with Crippen molar-refractivity contribution in [3.8, 4) is 0 Å². The number of carbonyl (C=O) groups excluding carboxylic acids is 1. The molecule has 2 aromatic heterocycles. The van der Waals surface area contributed by atoms with E-state index in [1.165, 1.54) is 12.4 Å². The van der Waals surface area contributed by atoms with Crippen LogP contribution in [0.15, 0.2) is 23.2 Å². The molecule has 3 rings (SSSR count). The summed E-state index contributed by atoms with van der Waals surface area (Å²) < 4.78 is 41.0. The predicted molar refractivity (Wildman–Crippen MR) is 74.0 cm³/mol. The topological polar surface area (TPSA) is 50.5 Å². The monoisotopic (exact) mass is 380 g/mol. The summed E-state index contributed by atoms with van der Waals surface area (Å²) in [4.78, 5) is 21.1. The normalized spacial score (nSPS) is 19.4. The quantitative estimate of drug-likeness (QED) is 0.762. The molecule has 0 aliphatic carbocycles. The van der Waals surface area contributed by atoms with Crippen LogP contribution in [-0.4, -0.2) is 49.0 Å². The van der Waals surface area contributed by atoms with Gasteiger partial charge in [-0.1, -0.05) is 0 Å². The van der Waals surface area contributed by atoms with E-state index in [0.717, 1.165) is 4.90 Å². The van der Waals surface area contributed by atoms with E-state index in [1.54, 1.807) is 10.6 Å². The molecule has 10 heteroatoms. The maximum Gasteiger partial charge on any atom is 0.418 e. The number of rotatable bonds is 1. The van der Waals surface area contributed by atoms with E-state index in [-0.39, 0.29) is 23.6 Å². The summed E-state index contributed by atoms with van der Waals surface area (Å²) in [5.41, 5.74) is 0.146. The molecule has 1 fully saturated rings. The van der Waals surface area contributed by atoms with Gasteiger partial charge in [-0.15, -0.1) is 11.8 Å². The Hall–Kier alpha value is -1.29. The molecular weight excluding hydrogens is 373 g/mol. The zero-order valence-corrected chi connectivity index (χ0v) is 12.7. The summed E-state index contributed by atoms with van der Waals surface area (Å²) in [5.74, 6) is -0.511. The van der Waals surface area contributed by atoms with Crippen LogP contribution in [0.4, 0.5) is 13.2 Å². The fourth-order valence-electron chi connectivity index (χ4n) is 2.13. The van der Waals surface area contributed by atoms with E-state index in [9.17, 15) is 18.0 Å². The highest BCUT2D eigenvalue weighted by atomic mass is 79.9. The minimum absolute atomic E-state index is 0.0400. The van der Waals surface area contributed by atoms with Gasteiger partial charge in [0.15, 0.2) is 16.7 Å². The first-order valence-electron chi connectivity index (χ1n) is 5.86. The molecule has 0 aromatic carbocycles. The van der Waals surface area contributed by atoms with Crippen molar-refractivity contribution in [3.05, 3.63) is 28.9 Å². The number of carbonyl (C=O) groups is 1. The van der Waals surface area contributed by atoms with Crippen molar-refractivity contribution in [2.75, 3.05) is 12.3 Å². The summed E-state index contributed by atoms with van der Waals surface area (Å²) >= 11 is 3.95. The molecule has 1 saturated heterocycles. The van der Waals surface area contributed by atoms with E-state index < -0.39 is 17.5 Å². The standard InChI is InChI=1S/C11H8BrF3N4OS/c12-6-5-17-8-7(16-1-2-18(6)8)9(20)19-3-4-21-10(19)11(13,14)15/h1-2,5,10H,3-4H2. The lowest BCUT2D eigenvalue weighted by molar-refractivity contribution is -0.149. The number of fused-ring (bicyclic) bond motifs is 1. The van der Waals surface area contributed by atoms with Crippen LogP contribution in [0.3, 0.4) is 0 Å². The first kappa shape index (κ1) is 14.6. The highest BCUT2D eigenvalue weighted by molar-refractivity contribution is 9.10. The third-order valence-corrected chi connectivity index (χ3v) is 4.86. The maximum atomic E-state index is 12.9. The molecule has 3 heterocycles. The van der Waals surface area contributed by atoms with E-state index >= 15 is 0 Å². The summed E-state index contributed by atoms with van der Waals surface area (Å²) in [6.45, 7) is 0.0400. The number of aromatic nitrogens is 3. The van der Waals surface area contributed by atoms with E-state index in [1.807, 2.05) is 0 Å². The third kappa shape index (κ3) is 2.50. The van der Waals surface area contributed by atoms with Crippen molar-refractivity contribution < 1.29 is 18.0 Å². The first-order chi connectivity index (χ1) is 9.89. The molecule has 5 nitrogen and oxygen atoms in total. The number of halogens is 4. The lowest BCUT2D eigenvalue weighted by Crippen LogP contribution is -2.43. The Kier molecular flexibility index (Phi) is 3.60. The molecule has 0 saturated carbocycles. The van der Waals surface area contributed by atoms with Crippen LogP contribution in [0.1, 0.15) is 10.5 Å². The number of nitrogens with zero attached hydrogens (tertiary/aromatic N) is 4. The van der Waals surface area contributed by atoms with Crippen LogP contribution >= 0.6 is 27.7 Å². The van der Waals surface area contributed by atoms with Gasteiger partial charge in [0.1, 0.15) is 4.60 Å². The lowest BCUT2D eigenvalue weighted by atomic mass is 10.3. The van der Waals surface area contributed by atoms with Gasteiger partial charge < -0.3 is 4.90 Å². The van der Waals surface area contributed by atoms with E-state index in [0.29, 0.717) is 16.4 Å². The molecule has 2 aromatic rings. The van der Waals surface area contributed by atoms with E-state index in [2.05, 4.69) is 25.9 Å². The number of alkyl halides is 3. The molecule has 0 bridgehead atoms. The van der Waals surface area contributed by atoms with Crippen LogP contribution in [-0.2, 0) is 0 Å². The molecule has 1 amide bonds. The molecule has 1 aliphatic rings. The van der Waals surface area contributed by atoms with Gasteiger partial charge in [-0.3, -0.25) is 9.20 Å². The molecule has 0 N–H and O–H groups in total. The second-order valence-corrected chi connectivity index (χ2v) is 6.31. The molecule has 0 spiro atoms. The van der Waals surface area contributed by atoms with Crippen LogP contribution < -0.4 is 0 Å². The average Bonchev–Trinajstić information content (AvgIpc) is 3.04. The zero-order valence-electron chi connectivity index (χ0n) is 10.3. The maximum absolute atomic E-state index is 12.9. The molecule has 1 unspecified atom stereocenters. The van der Waals surface area contributed by atoms with Crippen LogP contribution in [0, 0.1) is 0 Å². The van der Waals surface area contributed by atoms with Crippen molar-refractivity contribution in [2.24, 2.45) is 0 Å². The fraction of sp³-hybridized carbons (Fsp3) is 0.364.